The van der Waals surface area contributed by atoms with Gasteiger partial charge in [0.05, 0.1) is 13.3 Å². The smallest absolute Gasteiger partial charge is 0.375 e. The van der Waals surface area contributed by atoms with Crippen molar-refractivity contribution in [3.05, 3.63) is 17.8 Å². The van der Waals surface area contributed by atoms with Gasteiger partial charge >= 0.3 is 5.97 Å². The predicted molar refractivity (Wildman–Crippen MR) is 39.8 cm³/mol. The van der Waals surface area contributed by atoms with Crippen molar-refractivity contribution < 1.29 is 13.9 Å². The number of rotatable bonds is 2. The molecule has 1 fully saturated rings. The van der Waals surface area contributed by atoms with Crippen LogP contribution in [0.3, 0.4) is 0 Å². The molecule has 1 aromatic heterocycles. The lowest BCUT2D eigenvalue weighted by molar-refractivity contribution is 0.0563. The third-order valence-electron chi connectivity index (χ3n) is 1.84. The fourth-order valence-electron chi connectivity index (χ4n) is 1.00. The molecule has 64 valence electrons. The lowest BCUT2D eigenvalue weighted by Crippen LogP contribution is -1.98. The van der Waals surface area contributed by atoms with Crippen molar-refractivity contribution >= 4 is 5.97 Å². The van der Waals surface area contributed by atoms with E-state index in [1.165, 1.54) is 13.3 Å². The van der Waals surface area contributed by atoms with E-state index in [9.17, 15) is 4.79 Å². The number of nitrogens with zero attached hydrogens (tertiary/aromatic N) is 1. The third kappa shape index (κ3) is 1.20. The maximum atomic E-state index is 10.9. The van der Waals surface area contributed by atoms with Crippen molar-refractivity contribution in [2.45, 2.75) is 18.8 Å². The molecule has 0 aromatic carbocycles. The summed E-state index contributed by atoms with van der Waals surface area (Å²) in [4.78, 5) is 14.9. The first kappa shape index (κ1) is 7.34. The second-order valence-electron chi connectivity index (χ2n) is 2.83. The Morgan fingerprint density at radius 3 is 3.08 bits per heavy atom. The molecule has 0 amide bonds. The predicted octanol–water partition coefficient (Wildman–Crippen LogP) is 1.34. The van der Waals surface area contributed by atoms with Gasteiger partial charge in [-0.15, -0.1) is 0 Å². The molecule has 4 nitrogen and oxygen atoms in total. The summed E-state index contributed by atoms with van der Waals surface area (Å²) >= 11 is 0. The molecule has 2 rings (SSSR count). The summed E-state index contributed by atoms with van der Waals surface area (Å²) < 4.78 is 9.65. The second-order valence-corrected chi connectivity index (χ2v) is 2.83. The van der Waals surface area contributed by atoms with E-state index >= 15 is 0 Å². The average Bonchev–Trinajstić information content (AvgIpc) is 2.83. The fraction of sp³-hybridized carbons (Fsp3) is 0.500. The van der Waals surface area contributed by atoms with Gasteiger partial charge in [-0.25, -0.2) is 9.78 Å². The van der Waals surface area contributed by atoms with Crippen LogP contribution < -0.4 is 0 Å². The van der Waals surface area contributed by atoms with Crippen molar-refractivity contribution in [1.82, 2.24) is 4.98 Å². The summed E-state index contributed by atoms with van der Waals surface area (Å²) in [6.07, 6.45) is 3.64. The van der Waals surface area contributed by atoms with E-state index in [1.54, 1.807) is 0 Å². The molecule has 0 aliphatic heterocycles. The standard InChI is InChI=1S/C8H9NO3/c1-11-8(10)6-4-9-7(12-6)5-2-3-5/h4-5H,2-3H2,1H3. The van der Waals surface area contributed by atoms with E-state index in [0.717, 1.165) is 12.8 Å². The average molecular weight is 167 g/mol. The highest BCUT2D eigenvalue weighted by atomic mass is 16.5. The summed E-state index contributed by atoms with van der Waals surface area (Å²) in [6.45, 7) is 0. The SMILES string of the molecule is COC(=O)c1cnc(C2CC2)o1. The first-order chi connectivity index (χ1) is 5.81. The maximum Gasteiger partial charge on any atom is 0.375 e. The number of carbonyl (C=O) groups excluding carboxylic acids is 1. The molecule has 12 heavy (non-hydrogen) atoms. The zero-order chi connectivity index (χ0) is 8.55. The van der Waals surface area contributed by atoms with Crippen LogP contribution in [0.5, 0.6) is 0 Å². The van der Waals surface area contributed by atoms with Gasteiger partial charge in [0.2, 0.25) is 5.76 Å². The summed E-state index contributed by atoms with van der Waals surface area (Å²) in [7, 11) is 1.32. The zero-order valence-corrected chi connectivity index (χ0v) is 6.74. The molecular formula is C8H9NO3. The molecule has 0 saturated heterocycles. The van der Waals surface area contributed by atoms with Crippen molar-refractivity contribution in [2.75, 3.05) is 7.11 Å². The lowest BCUT2D eigenvalue weighted by Gasteiger charge is -1.91. The van der Waals surface area contributed by atoms with Crippen LogP contribution in [0.25, 0.3) is 0 Å². The van der Waals surface area contributed by atoms with Gasteiger partial charge in [-0.1, -0.05) is 0 Å². The monoisotopic (exact) mass is 167 g/mol. The molecule has 0 spiro atoms. The van der Waals surface area contributed by atoms with Crippen LogP contribution in [-0.4, -0.2) is 18.1 Å². The second kappa shape index (κ2) is 2.62. The van der Waals surface area contributed by atoms with Gasteiger partial charge < -0.3 is 9.15 Å². The topological polar surface area (TPSA) is 52.3 Å². The lowest BCUT2D eigenvalue weighted by atomic mass is 10.4. The Morgan fingerprint density at radius 1 is 1.75 bits per heavy atom. The number of aromatic nitrogens is 1. The van der Waals surface area contributed by atoms with Crippen LogP contribution in [0.2, 0.25) is 0 Å². The fourth-order valence-corrected chi connectivity index (χ4v) is 1.00. The number of hydrogen-bond donors (Lipinski definition) is 0. The molecule has 0 N–H and O–H groups in total. The Bertz CT molecular complexity index is 301. The van der Waals surface area contributed by atoms with Crippen molar-refractivity contribution in [3.8, 4) is 0 Å². The van der Waals surface area contributed by atoms with Crippen molar-refractivity contribution in [3.63, 3.8) is 0 Å². The Morgan fingerprint density at radius 2 is 2.50 bits per heavy atom. The summed E-state index contributed by atoms with van der Waals surface area (Å²) in [5.41, 5.74) is 0. The van der Waals surface area contributed by atoms with Gasteiger partial charge in [-0.3, -0.25) is 0 Å². The normalized spacial score (nSPS) is 16.1. The number of hydrogen-bond acceptors (Lipinski definition) is 4. The molecule has 0 bridgehead atoms. The van der Waals surface area contributed by atoms with E-state index in [2.05, 4.69) is 9.72 Å². The Labute approximate surface area is 69.5 Å². The first-order valence-electron chi connectivity index (χ1n) is 3.85. The van der Waals surface area contributed by atoms with Crippen LogP contribution in [0.15, 0.2) is 10.6 Å². The van der Waals surface area contributed by atoms with Gasteiger partial charge in [0, 0.05) is 5.92 Å². The van der Waals surface area contributed by atoms with Gasteiger partial charge in [-0.05, 0) is 12.8 Å². The number of carbonyl (C=O) groups is 1. The zero-order valence-electron chi connectivity index (χ0n) is 6.74. The highest BCUT2D eigenvalue weighted by molar-refractivity contribution is 5.85. The van der Waals surface area contributed by atoms with Crippen LogP contribution in [0.1, 0.15) is 35.2 Å². The quantitative estimate of drug-likeness (QED) is 0.623. The highest BCUT2D eigenvalue weighted by Gasteiger charge is 2.29. The molecular weight excluding hydrogens is 158 g/mol. The summed E-state index contributed by atoms with van der Waals surface area (Å²) in [5, 5.41) is 0. The molecule has 4 heteroatoms. The Hall–Kier alpha value is -1.32. The highest BCUT2D eigenvalue weighted by Crippen LogP contribution is 2.39. The third-order valence-corrected chi connectivity index (χ3v) is 1.84. The Balaban J connectivity index is 2.17. The number of esters is 1. The molecule has 0 unspecified atom stereocenters. The summed E-state index contributed by atoms with van der Waals surface area (Å²) in [5.74, 6) is 0.826. The van der Waals surface area contributed by atoms with Gasteiger partial charge in [-0.2, -0.15) is 0 Å². The van der Waals surface area contributed by atoms with E-state index in [-0.39, 0.29) is 5.76 Å². The van der Waals surface area contributed by atoms with Crippen LogP contribution in [-0.2, 0) is 4.74 Å². The molecule has 1 saturated carbocycles. The van der Waals surface area contributed by atoms with Crippen LogP contribution >= 0.6 is 0 Å². The molecule has 1 heterocycles. The minimum absolute atomic E-state index is 0.194. The summed E-state index contributed by atoms with van der Waals surface area (Å²) in [6, 6.07) is 0. The van der Waals surface area contributed by atoms with Gasteiger partial charge in [0.15, 0.2) is 5.89 Å². The van der Waals surface area contributed by atoms with E-state index in [4.69, 9.17) is 4.42 Å². The number of ether oxygens (including phenoxy) is 1. The van der Waals surface area contributed by atoms with Crippen molar-refractivity contribution in [1.29, 1.82) is 0 Å². The minimum atomic E-state index is -0.464. The first-order valence-corrected chi connectivity index (χ1v) is 3.85. The minimum Gasteiger partial charge on any atom is -0.463 e. The van der Waals surface area contributed by atoms with E-state index in [0.29, 0.717) is 11.8 Å². The number of oxazole rings is 1. The van der Waals surface area contributed by atoms with E-state index < -0.39 is 5.97 Å². The molecule has 0 radical (unpaired) electrons. The molecule has 1 aromatic rings. The Kier molecular flexibility index (Phi) is 1.60. The molecule has 1 aliphatic rings. The van der Waals surface area contributed by atoms with Gasteiger partial charge in [0.1, 0.15) is 0 Å². The van der Waals surface area contributed by atoms with Crippen molar-refractivity contribution in [2.24, 2.45) is 0 Å². The molecule has 0 atom stereocenters. The van der Waals surface area contributed by atoms with Crippen LogP contribution in [0, 0.1) is 0 Å². The van der Waals surface area contributed by atoms with E-state index in [1.807, 2.05) is 0 Å². The molecule has 1 aliphatic carbocycles. The largest absolute Gasteiger partial charge is 0.463 e. The van der Waals surface area contributed by atoms with Gasteiger partial charge in [0.25, 0.3) is 0 Å². The number of methoxy groups -OCH3 is 1. The van der Waals surface area contributed by atoms with Crippen LogP contribution in [0.4, 0.5) is 0 Å². The maximum absolute atomic E-state index is 10.9.